The van der Waals surface area contributed by atoms with Gasteiger partial charge < -0.3 is 14.2 Å². The summed E-state index contributed by atoms with van der Waals surface area (Å²) in [5, 5.41) is -0.178. The highest BCUT2D eigenvalue weighted by atomic mass is 32.2. The van der Waals surface area contributed by atoms with E-state index in [1.165, 1.54) is 38.5 Å². The standard InChI is InChI=1S/C18H16FNO6S2/c1-24-10-7-8-13(25-2)12(9-10)20-28(22,23)17-15-11(19)5-4-6-14(15)27-16(17)18(21)26-3/h4-9,20H,1-3H3. The smallest absolute Gasteiger partial charge is 0.349 e. The van der Waals surface area contributed by atoms with E-state index >= 15 is 0 Å². The second-order valence-electron chi connectivity index (χ2n) is 5.54. The maximum atomic E-state index is 14.5. The number of benzene rings is 2. The molecular weight excluding hydrogens is 409 g/mol. The fourth-order valence-corrected chi connectivity index (χ4v) is 5.56. The minimum absolute atomic E-state index is 0.0772. The number of nitrogens with one attached hydrogen (secondary N) is 1. The first-order chi connectivity index (χ1) is 13.3. The lowest BCUT2D eigenvalue weighted by atomic mass is 10.2. The van der Waals surface area contributed by atoms with Gasteiger partial charge in [-0.1, -0.05) is 6.07 Å². The predicted octanol–water partition coefficient (Wildman–Crippen LogP) is 3.65. The van der Waals surface area contributed by atoms with E-state index in [0.29, 0.717) is 10.4 Å². The van der Waals surface area contributed by atoms with Crippen molar-refractivity contribution < 1.29 is 31.8 Å². The number of ether oxygens (including phenoxy) is 3. The summed E-state index contributed by atoms with van der Waals surface area (Å²) < 4.78 is 58.4. The summed E-state index contributed by atoms with van der Waals surface area (Å²) in [5.41, 5.74) is 0.0772. The summed E-state index contributed by atoms with van der Waals surface area (Å²) in [6.45, 7) is 0. The van der Waals surface area contributed by atoms with Crippen molar-refractivity contribution in [2.24, 2.45) is 0 Å². The van der Waals surface area contributed by atoms with Crippen LogP contribution in [0.5, 0.6) is 11.5 Å². The molecule has 0 radical (unpaired) electrons. The van der Waals surface area contributed by atoms with Gasteiger partial charge in [0.2, 0.25) is 0 Å². The first-order valence-electron chi connectivity index (χ1n) is 7.86. The topological polar surface area (TPSA) is 90.9 Å². The summed E-state index contributed by atoms with van der Waals surface area (Å²) in [4.78, 5) is 11.5. The van der Waals surface area contributed by atoms with Crippen LogP contribution >= 0.6 is 11.3 Å². The lowest BCUT2D eigenvalue weighted by Gasteiger charge is -2.13. The fourth-order valence-electron chi connectivity index (χ4n) is 2.65. The van der Waals surface area contributed by atoms with Crippen molar-refractivity contribution in [3.63, 3.8) is 0 Å². The van der Waals surface area contributed by atoms with Crippen LogP contribution < -0.4 is 14.2 Å². The van der Waals surface area contributed by atoms with Crippen molar-refractivity contribution >= 4 is 43.1 Å². The molecule has 0 amide bonds. The summed E-state index contributed by atoms with van der Waals surface area (Å²) in [6.07, 6.45) is 0. The Morgan fingerprint density at radius 3 is 2.50 bits per heavy atom. The van der Waals surface area contributed by atoms with E-state index in [0.717, 1.165) is 24.5 Å². The van der Waals surface area contributed by atoms with E-state index < -0.39 is 26.7 Å². The van der Waals surface area contributed by atoms with Crippen LogP contribution in [0.3, 0.4) is 0 Å². The van der Waals surface area contributed by atoms with Gasteiger partial charge in [-0.3, -0.25) is 4.72 Å². The van der Waals surface area contributed by atoms with Crippen molar-refractivity contribution in [2.45, 2.75) is 4.90 Å². The second kappa shape index (κ2) is 7.64. The predicted molar refractivity (Wildman–Crippen MR) is 103 cm³/mol. The number of halogens is 1. The molecule has 148 valence electrons. The zero-order valence-corrected chi connectivity index (χ0v) is 16.7. The highest BCUT2D eigenvalue weighted by Gasteiger charge is 2.31. The number of esters is 1. The van der Waals surface area contributed by atoms with E-state index in [9.17, 15) is 17.6 Å². The molecule has 7 nitrogen and oxygen atoms in total. The SMILES string of the molecule is COC(=O)c1sc2cccc(F)c2c1S(=O)(=O)Nc1cc(OC)ccc1OC. The van der Waals surface area contributed by atoms with Gasteiger partial charge >= 0.3 is 5.97 Å². The minimum Gasteiger partial charge on any atom is -0.497 e. The Hall–Kier alpha value is -2.85. The van der Waals surface area contributed by atoms with E-state index in [4.69, 9.17) is 9.47 Å². The Kier molecular flexibility index (Phi) is 5.43. The van der Waals surface area contributed by atoms with E-state index in [2.05, 4.69) is 9.46 Å². The van der Waals surface area contributed by atoms with Gasteiger partial charge in [0, 0.05) is 16.2 Å². The zero-order valence-electron chi connectivity index (χ0n) is 15.1. The molecule has 0 fully saturated rings. The molecule has 1 N–H and O–H groups in total. The Labute approximate surface area is 164 Å². The number of anilines is 1. The molecule has 1 aromatic heterocycles. The third-order valence-electron chi connectivity index (χ3n) is 3.91. The molecule has 3 rings (SSSR count). The number of sulfonamides is 1. The molecule has 0 bridgehead atoms. The molecule has 0 aliphatic carbocycles. The quantitative estimate of drug-likeness (QED) is 0.607. The van der Waals surface area contributed by atoms with Crippen LogP contribution in [0.25, 0.3) is 10.1 Å². The van der Waals surface area contributed by atoms with Gasteiger partial charge in [0.05, 0.1) is 27.0 Å². The number of rotatable bonds is 6. The number of methoxy groups -OCH3 is 3. The van der Waals surface area contributed by atoms with E-state index in [1.54, 1.807) is 6.07 Å². The van der Waals surface area contributed by atoms with Gasteiger partial charge in [0.1, 0.15) is 27.1 Å². The molecule has 0 unspecified atom stereocenters. The van der Waals surface area contributed by atoms with Crippen molar-refractivity contribution in [2.75, 3.05) is 26.1 Å². The molecule has 2 aromatic carbocycles. The number of hydrogen-bond acceptors (Lipinski definition) is 7. The molecule has 0 aliphatic heterocycles. The van der Waals surface area contributed by atoms with Crippen molar-refractivity contribution in [3.8, 4) is 11.5 Å². The molecule has 3 aromatic rings. The van der Waals surface area contributed by atoms with Crippen LogP contribution in [0.1, 0.15) is 9.67 Å². The number of fused-ring (bicyclic) bond motifs is 1. The normalized spacial score (nSPS) is 11.3. The number of thiophene rings is 1. The number of hydrogen-bond donors (Lipinski definition) is 1. The van der Waals surface area contributed by atoms with Gasteiger partial charge in [0.15, 0.2) is 0 Å². The summed E-state index contributed by atoms with van der Waals surface area (Å²) in [6, 6.07) is 8.62. The lowest BCUT2D eigenvalue weighted by molar-refractivity contribution is 0.0602. The highest BCUT2D eigenvalue weighted by molar-refractivity contribution is 7.93. The monoisotopic (exact) mass is 425 g/mol. The average Bonchev–Trinajstić information content (AvgIpc) is 3.09. The van der Waals surface area contributed by atoms with Crippen LogP contribution in [-0.4, -0.2) is 35.7 Å². The Morgan fingerprint density at radius 1 is 1.11 bits per heavy atom. The molecule has 10 heteroatoms. The minimum atomic E-state index is -4.38. The third-order valence-corrected chi connectivity index (χ3v) is 6.61. The van der Waals surface area contributed by atoms with Crippen LogP contribution in [0.2, 0.25) is 0 Å². The summed E-state index contributed by atoms with van der Waals surface area (Å²) in [7, 11) is -0.453. The fraction of sp³-hybridized carbons (Fsp3) is 0.167. The van der Waals surface area contributed by atoms with E-state index in [1.807, 2.05) is 0 Å². The highest BCUT2D eigenvalue weighted by Crippen LogP contribution is 2.39. The first-order valence-corrected chi connectivity index (χ1v) is 10.2. The zero-order chi connectivity index (χ0) is 20.5. The average molecular weight is 425 g/mol. The summed E-state index contributed by atoms with van der Waals surface area (Å²) >= 11 is 0.836. The molecule has 28 heavy (non-hydrogen) atoms. The van der Waals surface area contributed by atoms with Crippen molar-refractivity contribution in [1.82, 2.24) is 0 Å². The first kappa shape index (κ1) is 19.9. The number of carbonyl (C=O) groups excluding carboxylic acids is 1. The molecular formula is C18H16FNO6S2. The molecule has 0 spiro atoms. The third kappa shape index (κ3) is 3.48. The molecule has 0 aliphatic rings. The molecule has 1 heterocycles. The molecule has 0 saturated carbocycles. The van der Waals surface area contributed by atoms with E-state index in [-0.39, 0.29) is 21.7 Å². The van der Waals surface area contributed by atoms with Crippen LogP contribution in [0, 0.1) is 5.82 Å². The Balaban J connectivity index is 2.23. The van der Waals surface area contributed by atoms with Gasteiger partial charge in [-0.15, -0.1) is 11.3 Å². The lowest BCUT2D eigenvalue weighted by Crippen LogP contribution is -2.17. The molecule has 0 atom stereocenters. The van der Waals surface area contributed by atoms with Crippen molar-refractivity contribution in [1.29, 1.82) is 0 Å². The number of carbonyl (C=O) groups is 1. The summed E-state index contributed by atoms with van der Waals surface area (Å²) in [5.74, 6) is -1.03. The largest absolute Gasteiger partial charge is 0.497 e. The van der Waals surface area contributed by atoms with Gasteiger partial charge in [-0.05, 0) is 24.3 Å². The van der Waals surface area contributed by atoms with Crippen LogP contribution in [0.4, 0.5) is 10.1 Å². The Morgan fingerprint density at radius 2 is 1.86 bits per heavy atom. The van der Waals surface area contributed by atoms with Gasteiger partial charge in [-0.2, -0.15) is 0 Å². The van der Waals surface area contributed by atoms with Crippen LogP contribution in [-0.2, 0) is 14.8 Å². The van der Waals surface area contributed by atoms with Crippen LogP contribution in [0.15, 0.2) is 41.3 Å². The maximum Gasteiger partial charge on any atom is 0.349 e. The van der Waals surface area contributed by atoms with Gasteiger partial charge in [0.25, 0.3) is 10.0 Å². The molecule has 0 saturated heterocycles. The van der Waals surface area contributed by atoms with Crippen molar-refractivity contribution in [3.05, 3.63) is 47.1 Å². The second-order valence-corrected chi connectivity index (χ2v) is 8.21. The Bertz CT molecular complexity index is 1160. The van der Waals surface area contributed by atoms with Gasteiger partial charge in [-0.25, -0.2) is 17.6 Å². The maximum absolute atomic E-state index is 14.5.